The number of aryl methyl sites for hydroxylation is 1. The van der Waals surface area contributed by atoms with Gasteiger partial charge in [-0.3, -0.25) is 0 Å². The summed E-state index contributed by atoms with van der Waals surface area (Å²) in [6.07, 6.45) is 7.58. The van der Waals surface area contributed by atoms with Crippen LogP contribution in [0.3, 0.4) is 0 Å². The van der Waals surface area contributed by atoms with E-state index in [2.05, 4.69) is 46.2 Å². The molecule has 0 aromatic carbocycles. The lowest BCUT2D eigenvalue weighted by atomic mass is 9.64. The number of nitrogens with one attached hydrogen (secondary N) is 2. The number of hydrogen-bond donors (Lipinski definition) is 2. The van der Waals surface area contributed by atoms with Gasteiger partial charge in [0.1, 0.15) is 12.4 Å². The zero-order valence-electron chi connectivity index (χ0n) is 15.8. The molecule has 2 N–H and O–H groups in total. The van der Waals surface area contributed by atoms with Crippen LogP contribution < -0.4 is 10.6 Å². The topological polar surface area (TPSA) is 67.1 Å². The Bertz CT molecular complexity index is 576. The largest absolute Gasteiger partial charge is 0.357 e. The van der Waals surface area contributed by atoms with Crippen molar-refractivity contribution in [2.24, 2.45) is 16.3 Å². The van der Waals surface area contributed by atoms with Crippen molar-refractivity contribution in [2.75, 3.05) is 13.1 Å². The van der Waals surface area contributed by atoms with Crippen molar-refractivity contribution < 1.29 is 0 Å². The zero-order chi connectivity index (χ0) is 17.0. The lowest BCUT2D eigenvalue weighted by Crippen LogP contribution is -2.47. The number of rotatable bonds is 7. The molecule has 25 heavy (non-hydrogen) atoms. The summed E-state index contributed by atoms with van der Waals surface area (Å²) in [4.78, 5) is 4.75. The number of hydrogen-bond acceptors (Lipinski definition) is 3. The second kappa shape index (κ2) is 9.19. The average Bonchev–Trinajstić information content (AvgIpc) is 3.10. The van der Waals surface area contributed by atoms with E-state index in [1.807, 2.05) is 0 Å². The van der Waals surface area contributed by atoms with Crippen LogP contribution in [0.4, 0.5) is 0 Å². The van der Waals surface area contributed by atoms with Gasteiger partial charge in [0.25, 0.3) is 0 Å². The predicted molar refractivity (Wildman–Crippen MR) is 112 cm³/mol. The van der Waals surface area contributed by atoms with E-state index in [1.54, 1.807) is 0 Å². The molecule has 0 saturated heterocycles. The minimum atomic E-state index is 0. The summed E-state index contributed by atoms with van der Waals surface area (Å²) in [5, 5.41) is 15.5. The smallest absolute Gasteiger partial charge is 0.191 e. The van der Waals surface area contributed by atoms with Gasteiger partial charge in [-0.15, -0.1) is 34.2 Å². The SMILES string of the molecule is CCNC(=NCc1nnc2n1CCC2)NCC1(CC(C)C)CCC1.I. The maximum atomic E-state index is 4.75. The average molecular weight is 460 g/mol. The number of guanidine groups is 1. The predicted octanol–water partition coefficient (Wildman–Crippen LogP) is 3.11. The van der Waals surface area contributed by atoms with Crippen molar-refractivity contribution >= 4 is 29.9 Å². The maximum Gasteiger partial charge on any atom is 0.191 e. The van der Waals surface area contributed by atoms with E-state index in [0.717, 1.165) is 49.6 Å². The molecule has 1 aliphatic heterocycles. The van der Waals surface area contributed by atoms with Gasteiger partial charge in [-0.2, -0.15) is 0 Å². The molecule has 1 aromatic rings. The third-order valence-corrected chi connectivity index (χ3v) is 5.30. The number of halogens is 1. The summed E-state index contributed by atoms with van der Waals surface area (Å²) in [6.45, 7) is 10.3. The van der Waals surface area contributed by atoms with Gasteiger partial charge in [0.2, 0.25) is 0 Å². The van der Waals surface area contributed by atoms with Crippen molar-refractivity contribution in [2.45, 2.75) is 72.4 Å². The fraction of sp³-hybridized carbons (Fsp3) is 0.833. The van der Waals surface area contributed by atoms with Crippen molar-refractivity contribution in [1.82, 2.24) is 25.4 Å². The highest BCUT2D eigenvalue weighted by atomic mass is 127. The van der Waals surface area contributed by atoms with E-state index in [-0.39, 0.29) is 24.0 Å². The molecule has 0 spiro atoms. The molecule has 1 fully saturated rings. The summed E-state index contributed by atoms with van der Waals surface area (Å²) in [5.74, 6) is 3.76. The van der Waals surface area contributed by atoms with Crippen LogP contribution in [-0.2, 0) is 19.5 Å². The Kier molecular flexibility index (Phi) is 7.51. The van der Waals surface area contributed by atoms with Crippen LogP contribution in [0.1, 0.15) is 64.5 Å². The van der Waals surface area contributed by atoms with E-state index in [4.69, 9.17) is 4.99 Å². The minimum Gasteiger partial charge on any atom is -0.357 e. The molecule has 2 heterocycles. The molecule has 6 nitrogen and oxygen atoms in total. The van der Waals surface area contributed by atoms with Gasteiger partial charge in [-0.05, 0) is 43.9 Å². The van der Waals surface area contributed by atoms with Crippen LogP contribution in [0.2, 0.25) is 0 Å². The highest BCUT2D eigenvalue weighted by molar-refractivity contribution is 14.0. The normalized spacial score (nSPS) is 18.5. The van der Waals surface area contributed by atoms with Crippen LogP contribution in [0.25, 0.3) is 0 Å². The molecule has 7 heteroatoms. The quantitative estimate of drug-likeness (QED) is 0.373. The summed E-state index contributed by atoms with van der Waals surface area (Å²) >= 11 is 0. The van der Waals surface area contributed by atoms with Crippen molar-refractivity contribution in [1.29, 1.82) is 0 Å². The highest BCUT2D eigenvalue weighted by Gasteiger charge is 2.37. The molecular formula is C18H33IN6. The number of aliphatic imine (C=N–C) groups is 1. The molecule has 3 rings (SSSR count). The summed E-state index contributed by atoms with van der Waals surface area (Å²) in [7, 11) is 0. The molecule has 142 valence electrons. The number of fused-ring (bicyclic) bond motifs is 1. The standard InChI is InChI=1S/C18H32N6.HI/c1-4-19-17(21-13-18(8-6-9-18)11-14(2)3)20-12-16-23-22-15-7-5-10-24(15)16;/h14H,4-13H2,1-3H3,(H2,19,20,21);1H. The monoisotopic (exact) mass is 460 g/mol. The number of aromatic nitrogens is 3. The Hall–Kier alpha value is -0.860. The second-order valence-electron chi connectivity index (χ2n) is 7.79. The third kappa shape index (κ3) is 5.08. The number of nitrogens with zero attached hydrogens (tertiary/aromatic N) is 4. The van der Waals surface area contributed by atoms with Crippen LogP contribution in [0.5, 0.6) is 0 Å². The van der Waals surface area contributed by atoms with E-state index >= 15 is 0 Å². The van der Waals surface area contributed by atoms with Crippen LogP contribution >= 0.6 is 24.0 Å². The van der Waals surface area contributed by atoms with E-state index in [0.29, 0.717) is 12.0 Å². The maximum absolute atomic E-state index is 4.75. The molecule has 1 aliphatic carbocycles. The van der Waals surface area contributed by atoms with Gasteiger partial charge < -0.3 is 15.2 Å². The molecule has 0 unspecified atom stereocenters. The summed E-state index contributed by atoms with van der Waals surface area (Å²) < 4.78 is 2.22. The van der Waals surface area contributed by atoms with Crippen molar-refractivity contribution in [3.63, 3.8) is 0 Å². The fourth-order valence-electron chi connectivity index (χ4n) is 4.09. The zero-order valence-corrected chi connectivity index (χ0v) is 18.2. The first kappa shape index (κ1) is 20.5. The Morgan fingerprint density at radius 2 is 2.04 bits per heavy atom. The van der Waals surface area contributed by atoms with Crippen molar-refractivity contribution in [3.05, 3.63) is 11.6 Å². The summed E-state index contributed by atoms with van der Waals surface area (Å²) in [5.41, 5.74) is 0.473. The molecule has 1 aromatic heterocycles. The lowest BCUT2D eigenvalue weighted by Gasteiger charge is -2.43. The molecule has 0 bridgehead atoms. The van der Waals surface area contributed by atoms with E-state index in [1.165, 1.54) is 32.1 Å². The minimum absolute atomic E-state index is 0. The molecule has 1 saturated carbocycles. The first-order chi connectivity index (χ1) is 11.6. The van der Waals surface area contributed by atoms with E-state index in [9.17, 15) is 0 Å². The molecular weight excluding hydrogens is 427 g/mol. The molecule has 0 atom stereocenters. The van der Waals surface area contributed by atoms with Crippen LogP contribution in [0, 0.1) is 11.3 Å². The van der Waals surface area contributed by atoms with Gasteiger partial charge in [0, 0.05) is 26.1 Å². The Balaban J connectivity index is 0.00000225. The van der Waals surface area contributed by atoms with Gasteiger partial charge >= 0.3 is 0 Å². The second-order valence-corrected chi connectivity index (χ2v) is 7.79. The van der Waals surface area contributed by atoms with Gasteiger partial charge in [-0.1, -0.05) is 20.3 Å². The Morgan fingerprint density at radius 3 is 2.68 bits per heavy atom. The van der Waals surface area contributed by atoms with Crippen LogP contribution in [-0.4, -0.2) is 33.8 Å². The van der Waals surface area contributed by atoms with Gasteiger partial charge in [0.05, 0.1) is 0 Å². The van der Waals surface area contributed by atoms with E-state index < -0.39 is 0 Å². The van der Waals surface area contributed by atoms with Gasteiger partial charge in [-0.25, -0.2) is 4.99 Å². The molecule has 2 aliphatic rings. The Morgan fingerprint density at radius 1 is 1.24 bits per heavy atom. The first-order valence-corrected chi connectivity index (χ1v) is 9.55. The lowest BCUT2D eigenvalue weighted by molar-refractivity contribution is 0.104. The highest BCUT2D eigenvalue weighted by Crippen LogP contribution is 2.45. The first-order valence-electron chi connectivity index (χ1n) is 9.55. The fourth-order valence-corrected chi connectivity index (χ4v) is 4.09. The molecule has 0 amide bonds. The molecule has 0 radical (unpaired) electrons. The Labute approximate surface area is 168 Å². The third-order valence-electron chi connectivity index (χ3n) is 5.30. The van der Waals surface area contributed by atoms with Crippen molar-refractivity contribution in [3.8, 4) is 0 Å². The van der Waals surface area contributed by atoms with Gasteiger partial charge in [0.15, 0.2) is 11.8 Å². The summed E-state index contributed by atoms with van der Waals surface area (Å²) in [6, 6.07) is 0. The van der Waals surface area contributed by atoms with Crippen LogP contribution in [0.15, 0.2) is 4.99 Å².